The van der Waals surface area contributed by atoms with Crippen molar-refractivity contribution in [2.75, 3.05) is 11.8 Å². The molecular weight excluding hydrogens is 575 g/mol. The number of para-hydroxylation sites is 1. The van der Waals surface area contributed by atoms with E-state index >= 15 is 0 Å². The Morgan fingerprint density at radius 2 is 1.50 bits per heavy atom. The minimum absolute atomic E-state index is 0.161. The summed E-state index contributed by atoms with van der Waals surface area (Å²) in [5.74, 6) is 0.314. The van der Waals surface area contributed by atoms with Crippen LogP contribution in [0.5, 0.6) is 17.2 Å². The summed E-state index contributed by atoms with van der Waals surface area (Å²) >= 11 is 0. The number of nitrogens with one attached hydrogen (secondary N) is 1. The van der Waals surface area contributed by atoms with E-state index < -0.39 is 22.2 Å². The SMILES string of the molecule is COc1ccc(S(=O)(=O)Nc2ccc3c(c2)N=C(Cc2ccc(Oc4ccccc4)cc2)[NH2+]3)cc1.O=C(O)C(F)(F)F. The first kappa shape index (κ1) is 30.1. The van der Waals surface area contributed by atoms with Gasteiger partial charge in [-0.15, -0.1) is 0 Å². The number of nitrogens with zero attached hydrogens (tertiary/aromatic N) is 1. The number of halogens is 3. The minimum Gasteiger partial charge on any atom is -0.497 e. The number of hydrogen-bond acceptors (Lipinski definition) is 6. The van der Waals surface area contributed by atoms with E-state index in [0.717, 1.165) is 34.3 Å². The van der Waals surface area contributed by atoms with Gasteiger partial charge in [0.05, 0.1) is 24.1 Å². The molecule has 0 unspecified atom stereocenters. The van der Waals surface area contributed by atoms with Gasteiger partial charge in [0, 0.05) is 6.07 Å². The number of aliphatic imine (C=N–C) groups is 1. The highest BCUT2D eigenvalue weighted by molar-refractivity contribution is 7.92. The van der Waals surface area contributed by atoms with Gasteiger partial charge in [0.25, 0.3) is 10.0 Å². The van der Waals surface area contributed by atoms with Gasteiger partial charge in [-0.25, -0.2) is 13.2 Å². The number of rotatable bonds is 8. The number of amidine groups is 1. The average Bonchev–Trinajstić information content (AvgIpc) is 3.36. The lowest BCUT2D eigenvalue weighted by Crippen LogP contribution is -2.81. The van der Waals surface area contributed by atoms with Crippen LogP contribution in [0, 0.1) is 0 Å². The maximum Gasteiger partial charge on any atom is 0.490 e. The molecule has 42 heavy (non-hydrogen) atoms. The number of alkyl halides is 3. The number of carboxylic acid groups (broad SMARTS) is 1. The summed E-state index contributed by atoms with van der Waals surface area (Å²) < 4.78 is 70.8. The van der Waals surface area contributed by atoms with Gasteiger partial charge in [-0.3, -0.25) is 10.0 Å². The molecule has 0 amide bonds. The van der Waals surface area contributed by atoms with Gasteiger partial charge in [-0.1, -0.05) is 30.3 Å². The van der Waals surface area contributed by atoms with Crippen molar-refractivity contribution in [3.8, 4) is 17.2 Å². The molecule has 0 saturated heterocycles. The van der Waals surface area contributed by atoms with Crippen molar-refractivity contribution in [3.63, 3.8) is 0 Å². The monoisotopic (exact) mass is 600 g/mol. The van der Waals surface area contributed by atoms with Crippen molar-refractivity contribution in [3.05, 3.63) is 103 Å². The quantitative estimate of drug-likeness (QED) is 0.232. The Balaban J connectivity index is 0.000000517. The molecule has 1 heterocycles. The van der Waals surface area contributed by atoms with Crippen LogP contribution in [-0.4, -0.2) is 38.6 Å². The molecule has 0 aromatic heterocycles. The number of anilines is 1. The highest BCUT2D eigenvalue weighted by atomic mass is 32.2. The molecule has 4 aromatic carbocycles. The topological polar surface area (TPSA) is 131 Å². The van der Waals surface area contributed by atoms with Crippen LogP contribution in [0.25, 0.3) is 0 Å². The highest BCUT2D eigenvalue weighted by Crippen LogP contribution is 2.30. The Bertz CT molecular complexity index is 1680. The molecule has 5 rings (SSSR count). The average molecular weight is 601 g/mol. The van der Waals surface area contributed by atoms with Gasteiger partial charge in [0.1, 0.15) is 22.9 Å². The van der Waals surface area contributed by atoms with Crippen molar-refractivity contribution in [2.45, 2.75) is 17.5 Å². The number of quaternary nitrogens is 1. The fourth-order valence-corrected chi connectivity index (χ4v) is 4.81. The second-order valence-electron chi connectivity index (χ2n) is 8.84. The third kappa shape index (κ3) is 8.08. The van der Waals surface area contributed by atoms with E-state index in [1.807, 2.05) is 66.0 Å². The van der Waals surface area contributed by atoms with E-state index in [9.17, 15) is 21.6 Å². The van der Waals surface area contributed by atoms with Crippen LogP contribution in [0.15, 0.2) is 107 Å². The summed E-state index contributed by atoms with van der Waals surface area (Å²) in [6.45, 7) is 0. The number of hydrogen-bond donors (Lipinski definition) is 3. The van der Waals surface area contributed by atoms with E-state index in [4.69, 9.17) is 24.4 Å². The van der Waals surface area contributed by atoms with Gasteiger partial charge >= 0.3 is 12.1 Å². The van der Waals surface area contributed by atoms with Gasteiger partial charge in [-0.2, -0.15) is 18.2 Å². The van der Waals surface area contributed by atoms with Crippen LogP contribution in [-0.2, 0) is 21.2 Å². The molecule has 0 fully saturated rings. The van der Waals surface area contributed by atoms with Crippen molar-refractivity contribution >= 4 is 38.9 Å². The van der Waals surface area contributed by atoms with Crippen molar-refractivity contribution in [2.24, 2.45) is 4.99 Å². The van der Waals surface area contributed by atoms with Crippen LogP contribution in [0.1, 0.15) is 5.56 Å². The van der Waals surface area contributed by atoms with Crippen molar-refractivity contribution in [1.29, 1.82) is 0 Å². The number of carbonyl (C=O) groups is 1. The minimum atomic E-state index is -5.08. The number of nitrogens with two attached hydrogens (primary N) is 1. The standard InChI is InChI=1S/C27H23N3O4S.C2HF3O2/c1-33-21-12-14-24(15-13-21)35(31,32)30-20-9-16-25-26(18-20)29-27(28-25)17-19-7-10-23(11-8-19)34-22-5-3-2-4-6-22;3-2(4,5)1(6)7/h2-16,18,30H,17H2,1H3,(H,28,29);(H,6,7)/p+1. The van der Waals surface area contributed by atoms with Gasteiger partial charge < -0.3 is 14.6 Å². The molecule has 0 aliphatic carbocycles. The zero-order chi connectivity index (χ0) is 30.3. The lowest BCUT2D eigenvalue weighted by Gasteiger charge is -2.09. The Morgan fingerprint density at radius 1 is 0.905 bits per heavy atom. The molecule has 1 aliphatic heterocycles. The normalized spacial score (nSPS) is 12.3. The van der Waals surface area contributed by atoms with Gasteiger partial charge in [-0.05, 0) is 66.2 Å². The Hall–Kier alpha value is -4.88. The molecule has 0 saturated carbocycles. The summed E-state index contributed by atoms with van der Waals surface area (Å²) in [5, 5.41) is 9.14. The van der Waals surface area contributed by atoms with E-state index in [-0.39, 0.29) is 4.90 Å². The smallest absolute Gasteiger partial charge is 0.490 e. The first-order valence-corrected chi connectivity index (χ1v) is 13.8. The van der Waals surface area contributed by atoms with Crippen LogP contribution >= 0.6 is 0 Å². The zero-order valence-electron chi connectivity index (χ0n) is 22.0. The lowest BCUT2D eigenvalue weighted by atomic mass is 10.1. The number of fused-ring (bicyclic) bond motifs is 1. The molecule has 9 nitrogen and oxygen atoms in total. The molecule has 4 N–H and O–H groups in total. The zero-order valence-corrected chi connectivity index (χ0v) is 22.8. The van der Waals surface area contributed by atoms with E-state index in [0.29, 0.717) is 17.9 Å². The molecule has 0 atom stereocenters. The predicted molar refractivity (Wildman–Crippen MR) is 149 cm³/mol. The fraction of sp³-hybridized carbons (Fsp3) is 0.103. The maximum absolute atomic E-state index is 12.7. The van der Waals surface area contributed by atoms with Crippen LogP contribution in [0.2, 0.25) is 0 Å². The van der Waals surface area contributed by atoms with Crippen molar-refractivity contribution in [1.82, 2.24) is 0 Å². The summed E-state index contributed by atoms with van der Waals surface area (Å²) in [5.41, 5.74) is 3.25. The highest BCUT2D eigenvalue weighted by Gasteiger charge is 2.38. The second-order valence-corrected chi connectivity index (χ2v) is 10.5. The number of carboxylic acids is 1. The molecule has 0 spiro atoms. The predicted octanol–water partition coefficient (Wildman–Crippen LogP) is 5.40. The van der Waals surface area contributed by atoms with E-state index in [2.05, 4.69) is 4.72 Å². The molecule has 0 bridgehead atoms. The number of aliphatic carboxylic acids is 1. The first-order chi connectivity index (χ1) is 19.9. The summed E-state index contributed by atoms with van der Waals surface area (Å²) in [4.78, 5) is 13.8. The van der Waals surface area contributed by atoms with Gasteiger partial charge in [0.15, 0.2) is 5.69 Å². The lowest BCUT2D eigenvalue weighted by molar-refractivity contribution is -0.440. The molecule has 218 valence electrons. The molecule has 4 aromatic rings. The number of ether oxygens (including phenoxy) is 2. The summed E-state index contributed by atoms with van der Waals surface area (Å²) in [6, 6.07) is 29.2. The largest absolute Gasteiger partial charge is 0.497 e. The Morgan fingerprint density at radius 3 is 2.10 bits per heavy atom. The summed E-state index contributed by atoms with van der Waals surface area (Å²) in [6.07, 6.45) is -4.42. The number of sulfonamides is 1. The fourth-order valence-electron chi connectivity index (χ4n) is 3.76. The molecular formula is C29H25F3N3O6S+. The first-order valence-electron chi connectivity index (χ1n) is 12.3. The number of benzene rings is 4. The van der Waals surface area contributed by atoms with Crippen molar-refractivity contribution < 1.29 is 46.3 Å². The van der Waals surface area contributed by atoms with Crippen LogP contribution < -0.4 is 19.5 Å². The van der Waals surface area contributed by atoms with E-state index in [1.54, 1.807) is 24.3 Å². The third-order valence-corrected chi connectivity index (χ3v) is 7.17. The van der Waals surface area contributed by atoms with Crippen LogP contribution in [0.4, 0.5) is 30.2 Å². The number of methoxy groups -OCH3 is 1. The Labute approximate surface area is 239 Å². The van der Waals surface area contributed by atoms with Crippen LogP contribution in [0.3, 0.4) is 0 Å². The molecule has 0 radical (unpaired) electrons. The van der Waals surface area contributed by atoms with E-state index in [1.165, 1.54) is 19.2 Å². The molecule has 13 heteroatoms. The Kier molecular flexibility index (Phi) is 9.13. The van der Waals surface area contributed by atoms with Gasteiger partial charge in [0.2, 0.25) is 5.84 Å². The maximum atomic E-state index is 12.7. The second kappa shape index (κ2) is 12.7. The third-order valence-electron chi connectivity index (χ3n) is 5.77. The molecule has 1 aliphatic rings. The summed E-state index contributed by atoms with van der Waals surface area (Å²) in [7, 11) is -2.19.